The molecule has 0 spiro atoms. The molecule has 1 atom stereocenters. The van der Waals surface area contributed by atoms with Crippen molar-refractivity contribution < 1.29 is 4.79 Å². The summed E-state index contributed by atoms with van der Waals surface area (Å²) in [7, 11) is 0. The second-order valence-corrected chi connectivity index (χ2v) is 7.18. The number of benzene rings is 1. The summed E-state index contributed by atoms with van der Waals surface area (Å²) in [4.78, 5) is 22.6. The van der Waals surface area contributed by atoms with Crippen molar-refractivity contribution in [1.82, 2.24) is 14.9 Å². The van der Waals surface area contributed by atoms with E-state index in [0.717, 1.165) is 28.3 Å². The van der Waals surface area contributed by atoms with E-state index in [4.69, 9.17) is 11.6 Å². The SMILES string of the molecule is C=CC(=O)N1CCSCC1c1cc(Cl)cc(-c2ccnc(C)n2)c1. The summed E-state index contributed by atoms with van der Waals surface area (Å²) in [5.41, 5.74) is 2.79. The van der Waals surface area contributed by atoms with Crippen molar-refractivity contribution in [3.63, 3.8) is 0 Å². The summed E-state index contributed by atoms with van der Waals surface area (Å²) in [5, 5.41) is 0.639. The normalized spacial score (nSPS) is 17.6. The summed E-state index contributed by atoms with van der Waals surface area (Å²) < 4.78 is 0. The second-order valence-electron chi connectivity index (χ2n) is 5.59. The molecule has 0 aliphatic carbocycles. The van der Waals surface area contributed by atoms with Gasteiger partial charge >= 0.3 is 0 Å². The Kier molecular flexibility index (Phi) is 5.21. The van der Waals surface area contributed by atoms with Crippen molar-refractivity contribution in [1.29, 1.82) is 0 Å². The van der Waals surface area contributed by atoms with Gasteiger partial charge in [0, 0.05) is 34.8 Å². The van der Waals surface area contributed by atoms with Crippen LogP contribution >= 0.6 is 23.4 Å². The van der Waals surface area contributed by atoms with Crippen LogP contribution in [-0.4, -0.2) is 38.8 Å². The fourth-order valence-corrected chi connectivity index (χ4v) is 4.16. The minimum atomic E-state index is -0.0419. The van der Waals surface area contributed by atoms with E-state index in [1.54, 1.807) is 6.20 Å². The number of thioether (sulfide) groups is 1. The Balaban J connectivity index is 2.01. The largest absolute Gasteiger partial charge is 0.330 e. The van der Waals surface area contributed by atoms with Gasteiger partial charge in [-0.2, -0.15) is 11.8 Å². The van der Waals surface area contributed by atoms with Crippen LogP contribution in [0, 0.1) is 6.92 Å². The molecule has 0 bridgehead atoms. The number of amides is 1. The maximum Gasteiger partial charge on any atom is 0.246 e. The third-order valence-electron chi connectivity index (χ3n) is 3.96. The number of carbonyl (C=O) groups excluding carboxylic acids is 1. The van der Waals surface area contributed by atoms with Crippen LogP contribution in [0.1, 0.15) is 17.4 Å². The predicted molar refractivity (Wildman–Crippen MR) is 99.2 cm³/mol. The predicted octanol–water partition coefficient (Wildman–Crippen LogP) is 3.91. The van der Waals surface area contributed by atoms with Gasteiger partial charge in [0.15, 0.2) is 0 Å². The summed E-state index contributed by atoms with van der Waals surface area (Å²) >= 11 is 8.19. The number of carbonyl (C=O) groups is 1. The van der Waals surface area contributed by atoms with Crippen molar-refractivity contribution >= 4 is 29.3 Å². The smallest absolute Gasteiger partial charge is 0.246 e. The van der Waals surface area contributed by atoms with Gasteiger partial charge < -0.3 is 4.90 Å². The molecule has 24 heavy (non-hydrogen) atoms. The Labute approximate surface area is 150 Å². The molecule has 2 heterocycles. The molecular weight excluding hydrogens is 342 g/mol. The maximum absolute atomic E-state index is 12.2. The van der Waals surface area contributed by atoms with E-state index in [0.29, 0.717) is 17.4 Å². The fraction of sp³-hybridized carbons (Fsp3) is 0.278. The minimum absolute atomic E-state index is 0.00497. The van der Waals surface area contributed by atoms with Gasteiger partial charge in [-0.1, -0.05) is 18.2 Å². The number of aromatic nitrogens is 2. The van der Waals surface area contributed by atoms with Crippen LogP contribution in [0.3, 0.4) is 0 Å². The average Bonchev–Trinajstić information content (AvgIpc) is 2.60. The molecule has 3 rings (SSSR count). The standard InChI is InChI=1S/C18H18ClN3OS/c1-3-18(23)22-6-7-24-11-17(22)14-8-13(9-15(19)10-14)16-4-5-20-12(2)21-16/h3-5,8-10,17H,1,6-7,11H2,2H3. The van der Waals surface area contributed by atoms with Gasteiger partial charge in [-0.3, -0.25) is 4.79 Å². The van der Waals surface area contributed by atoms with E-state index in [2.05, 4.69) is 22.6 Å². The quantitative estimate of drug-likeness (QED) is 0.779. The first-order valence-corrected chi connectivity index (χ1v) is 9.23. The van der Waals surface area contributed by atoms with Crippen LogP contribution in [0.4, 0.5) is 0 Å². The van der Waals surface area contributed by atoms with Crippen molar-refractivity contribution in [2.45, 2.75) is 13.0 Å². The number of rotatable bonds is 3. The van der Waals surface area contributed by atoms with Gasteiger partial charge in [-0.15, -0.1) is 0 Å². The number of halogens is 1. The highest BCUT2D eigenvalue weighted by Gasteiger charge is 2.27. The number of aryl methyl sites for hydroxylation is 1. The molecule has 1 saturated heterocycles. The molecule has 1 aromatic carbocycles. The maximum atomic E-state index is 12.2. The first kappa shape index (κ1) is 17.0. The van der Waals surface area contributed by atoms with E-state index in [1.807, 2.05) is 41.8 Å². The molecule has 0 saturated carbocycles. The molecule has 1 amide bonds. The van der Waals surface area contributed by atoms with Crippen molar-refractivity contribution in [2.75, 3.05) is 18.1 Å². The zero-order valence-electron chi connectivity index (χ0n) is 13.4. The van der Waals surface area contributed by atoms with Gasteiger partial charge in [0.05, 0.1) is 11.7 Å². The van der Waals surface area contributed by atoms with E-state index < -0.39 is 0 Å². The van der Waals surface area contributed by atoms with Crippen molar-refractivity contribution in [3.05, 3.63) is 59.5 Å². The van der Waals surface area contributed by atoms with E-state index >= 15 is 0 Å². The molecule has 0 N–H and O–H groups in total. The molecule has 1 aliphatic heterocycles. The lowest BCUT2D eigenvalue weighted by Crippen LogP contribution is -2.39. The monoisotopic (exact) mass is 359 g/mol. The van der Waals surface area contributed by atoms with Crippen LogP contribution in [-0.2, 0) is 4.79 Å². The average molecular weight is 360 g/mol. The molecule has 1 aliphatic rings. The second kappa shape index (κ2) is 7.36. The molecule has 2 aromatic rings. The van der Waals surface area contributed by atoms with Crippen LogP contribution in [0.5, 0.6) is 0 Å². The van der Waals surface area contributed by atoms with Crippen LogP contribution in [0.25, 0.3) is 11.3 Å². The summed E-state index contributed by atoms with van der Waals surface area (Å²) in [6, 6.07) is 7.74. The zero-order chi connectivity index (χ0) is 17.1. The molecule has 1 fully saturated rings. The lowest BCUT2D eigenvalue weighted by Gasteiger charge is -2.35. The molecule has 124 valence electrons. The highest BCUT2D eigenvalue weighted by molar-refractivity contribution is 7.99. The van der Waals surface area contributed by atoms with Crippen molar-refractivity contribution in [3.8, 4) is 11.3 Å². The summed E-state index contributed by atoms with van der Waals surface area (Å²) in [6.07, 6.45) is 3.12. The van der Waals surface area contributed by atoms with E-state index in [9.17, 15) is 4.79 Å². The molecular formula is C18H18ClN3OS. The van der Waals surface area contributed by atoms with Gasteiger partial charge in [0.2, 0.25) is 5.91 Å². The molecule has 4 nitrogen and oxygen atoms in total. The Bertz CT molecular complexity index is 781. The Morgan fingerprint density at radius 1 is 1.46 bits per heavy atom. The number of hydrogen-bond donors (Lipinski definition) is 0. The van der Waals surface area contributed by atoms with Gasteiger partial charge in [-0.25, -0.2) is 9.97 Å². The van der Waals surface area contributed by atoms with Gasteiger partial charge in [0.1, 0.15) is 5.82 Å². The van der Waals surface area contributed by atoms with Gasteiger partial charge in [-0.05, 0) is 42.8 Å². The van der Waals surface area contributed by atoms with Crippen molar-refractivity contribution in [2.24, 2.45) is 0 Å². The lowest BCUT2D eigenvalue weighted by molar-refractivity contribution is -0.127. The minimum Gasteiger partial charge on any atom is -0.330 e. The van der Waals surface area contributed by atoms with E-state index in [1.165, 1.54) is 6.08 Å². The summed E-state index contributed by atoms with van der Waals surface area (Å²) in [6.45, 7) is 6.19. The third-order valence-corrected chi connectivity index (χ3v) is 5.20. The lowest BCUT2D eigenvalue weighted by atomic mass is 10.0. The molecule has 6 heteroatoms. The van der Waals surface area contributed by atoms with Crippen LogP contribution in [0.15, 0.2) is 43.1 Å². The number of hydrogen-bond acceptors (Lipinski definition) is 4. The molecule has 1 aromatic heterocycles. The third kappa shape index (κ3) is 3.62. The first-order valence-electron chi connectivity index (χ1n) is 7.70. The Hall–Kier alpha value is -1.85. The highest BCUT2D eigenvalue weighted by atomic mass is 35.5. The zero-order valence-corrected chi connectivity index (χ0v) is 15.0. The fourth-order valence-electron chi connectivity index (χ4n) is 2.83. The Morgan fingerprint density at radius 3 is 3.04 bits per heavy atom. The molecule has 0 radical (unpaired) electrons. The summed E-state index contributed by atoms with van der Waals surface area (Å²) in [5.74, 6) is 2.46. The van der Waals surface area contributed by atoms with Crippen LogP contribution < -0.4 is 0 Å². The highest BCUT2D eigenvalue weighted by Crippen LogP contribution is 2.34. The molecule has 1 unspecified atom stereocenters. The van der Waals surface area contributed by atoms with E-state index in [-0.39, 0.29) is 11.9 Å². The number of nitrogens with zero attached hydrogens (tertiary/aromatic N) is 3. The Morgan fingerprint density at radius 2 is 2.29 bits per heavy atom. The topological polar surface area (TPSA) is 46.1 Å². The first-order chi connectivity index (χ1) is 11.6. The van der Waals surface area contributed by atoms with Crippen LogP contribution in [0.2, 0.25) is 5.02 Å². The van der Waals surface area contributed by atoms with Gasteiger partial charge in [0.25, 0.3) is 0 Å².